The lowest BCUT2D eigenvalue weighted by atomic mass is 9.82. The first-order valence-electron chi connectivity index (χ1n) is 5.41. The maximum absolute atomic E-state index is 11.4. The molecule has 0 radical (unpaired) electrons. The summed E-state index contributed by atoms with van der Waals surface area (Å²) in [5, 5.41) is 6.19. The molecule has 0 heterocycles. The molecule has 0 aromatic carbocycles. The third-order valence-corrected chi connectivity index (χ3v) is 2.44. The summed E-state index contributed by atoms with van der Waals surface area (Å²) < 4.78 is 0. The van der Waals surface area contributed by atoms with Gasteiger partial charge >= 0.3 is 0 Å². The van der Waals surface area contributed by atoms with E-state index < -0.39 is 0 Å². The molecule has 1 saturated carbocycles. The van der Waals surface area contributed by atoms with Crippen molar-refractivity contribution in [2.45, 2.75) is 52.1 Å². The normalized spacial score (nSPS) is 26.9. The van der Waals surface area contributed by atoms with Crippen LogP contribution in [0.4, 0.5) is 0 Å². The Bertz CT molecular complexity index is 202. The van der Waals surface area contributed by atoms with Gasteiger partial charge in [-0.25, -0.2) is 0 Å². The molecule has 1 rings (SSSR count). The van der Waals surface area contributed by atoms with E-state index in [0.29, 0.717) is 12.6 Å². The van der Waals surface area contributed by atoms with Gasteiger partial charge in [0.1, 0.15) is 0 Å². The molecule has 0 aromatic rings. The lowest BCUT2D eigenvalue weighted by Crippen LogP contribution is -2.49. The Morgan fingerprint density at radius 2 is 1.93 bits per heavy atom. The molecule has 1 aliphatic rings. The SMILES string of the molecule is CC1CC(NCC(=O)NC(C)(C)C)C1. The standard InChI is InChI=1S/C11H22N2O/c1-8-5-9(6-8)12-7-10(14)13-11(2,3)4/h8-9,12H,5-7H2,1-4H3,(H,13,14). The summed E-state index contributed by atoms with van der Waals surface area (Å²) in [6.07, 6.45) is 2.42. The molecule has 0 unspecified atom stereocenters. The lowest BCUT2D eigenvalue weighted by Gasteiger charge is -2.33. The first kappa shape index (κ1) is 11.5. The van der Waals surface area contributed by atoms with E-state index in [-0.39, 0.29) is 11.4 Å². The van der Waals surface area contributed by atoms with E-state index in [0.717, 1.165) is 5.92 Å². The van der Waals surface area contributed by atoms with Crippen LogP contribution in [0.5, 0.6) is 0 Å². The lowest BCUT2D eigenvalue weighted by molar-refractivity contribution is -0.121. The Morgan fingerprint density at radius 1 is 1.36 bits per heavy atom. The van der Waals surface area contributed by atoms with Crippen molar-refractivity contribution in [3.8, 4) is 0 Å². The van der Waals surface area contributed by atoms with E-state index in [1.807, 2.05) is 20.8 Å². The van der Waals surface area contributed by atoms with Crippen LogP contribution < -0.4 is 10.6 Å². The maximum atomic E-state index is 11.4. The van der Waals surface area contributed by atoms with Gasteiger partial charge in [-0.2, -0.15) is 0 Å². The van der Waals surface area contributed by atoms with Crippen molar-refractivity contribution < 1.29 is 4.79 Å². The van der Waals surface area contributed by atoms with E-state index in [9.17, 15) is 4.79 Å². The fraction of sp³-hybridized carbons (Fsp3) is 0.909. The second kappa shape index (κ2) is 4.30. The van der Waals surface area contributed by atoms with Gasteiger partial charge in [0.05, 0.1) is 6.54 Å². The third-order valence-electron chi connectivity index (χ3n) is 2.44. The number of amides is 1. The number of hydrogen-bond acceptors (Lipinski definition) is 2. The quantitative estimate of drug-likeness (QED) is 0.717. The highest BCUT2D eigenvalue weighted by atomic mass is 16.2. The number of nitrogens with one attached hydrogen (secondary N) is 2. The van der Waals surface area contributed by atoms with Crippen molar-refractivity contribution in [3.63, 3.8) is 0 Å². The zero-order valence-corrected chi connectivity index (χ0v) is 9.68. The summed E-state index contributed by atoms with van der Waals surface area (Å²) in [5.74, 6) is 0.926. The molecule has 0 spiro atoms. The number of carbonyl (C=O) groups is 1. The Kier molecular flexibility index (Phi) is 3.53. The van der Waals surface area contributed by atoms with Crippen molar-refractivity contribution in [2.24, 2.45) is 5.92 Å². The van der Waals surface area contributed by atoms with Gasteiger partial charge in [-0.1, -0.05) is 6.92 Å². The minimum absolute atomic E-state index is 0.0945. The highest BCUT2D eigenvalue weighted by Gasteiger charge is 2.25. The maximum Gasteiger partial charge on any atom is 0.234 e. The van der Waals surface area contributed by atoms with E-state index in [2.05, 4.69) is 17.6 Å². The van der Waals surface area contributed by atoms with E-state index in [1.54, 1.807) is 0 Å². The van der Waals surface area contributed by atoms with Crippen LogP contribution in [0.1, 0.15) is 40.5 Å². The zero-order chi connectivity index (χ0) is 10.8. The minimum Gasteiger partial charge on any atom is -0.350 e. The fourth-order valence-electron chi connectivity index (χ4n) is 1.77. The Labute approximate surface area is 86.6 Å². The average Bonchev–Trinajstić information content (AvgIpc) is 1.92. The van der Waals surface area contributed by atoms with Crippen LogP contribution in [0.25, 0.3) is 0 Å². The van der Waals surface area contributed by atoms with Crippen LogP contribution in [-0.2, 0) is 4.79 Å². The van der Waals surface area contributed by atoms with Crippen molar-refractivity contribution in [1.82, 2.24) is 10.6 Å². The molecule has 0 aromatic heterocycles. The molecular weight excluding hydrogens is 176 g/mol. The summed E-state index contributed by atoms with van der Waals surface area (Å²) in [4.78, 5) is 11.4. The zero-order valence-electron chi connectivity index (χ0n) is 9.68. The fourth-order valence-corrected chi connectivity index (χ4v) is 1.77. The molecule has 0 saturated heterocycles. The first-order valence-corrected chi connectivity index (χ1v) is 5.41. The van der Waals surface area contributed by atoms with E-state index in [4.69, 9.17) is 0 Å². The summed E-state index contributed by atoms with van der Waals surface area (Å²) >= 11 is 0. The van der Waals surface area contributed by atoms with Crippen molar-refractivity contribution >= 4 is 5.91 Å². The summed E-state index contributed by atoms with van der Waals surface area (Å²) in [6, 6.07) is 0.565. The van der Waals surface area contributed by atoms with Crippen LogP contribution >= 0.6 is 0 Å². The molecule has 0 atom stereocenters. The van der Waals surface area contributed by atoms with Crippen molar-refractivity contribution in [2.75, 3.05) is 6.54 Å². The Hall–Kier alpha value is -0.570. The molecule has 3 nitrogen and oxygen atoms in total. The van der Waals surface area contributed by atoms with Crippen LogP contribution in [0.2, 0.25) is 0 Å². The van der Waals surface area contributed by atoms with Gasteiger partial charge in [-0.3, -0.25) is 4.79 Å². The molecular formula is C11H22N2O. The minimum atomic E-state index is -0.119. The van der Waals surface area contributed by atoms with Crippen molar-refractivity contribution in [3.05, 3.63) is 0 Å². The number of rotatable bonds is 3. The van der Waals surface area contributed by atoms with Gasteiger partial charge in [-0.05, 0) is 39.5 Å². The topological polar surface area (TPSA) is 41.1 Å². The summed E-state index contributed by atoms with van der Waals surface area (Å²) in [7, 11) is 0. The van der Waals surface area contributed by atoms with Gasteiger partial charge in [-0.15, -0.1) is 0 Å². The van der Waals surface area contributed by atoms with Gasteiger partial charge in [0.25, 0.3) is 0 Å². The molecule has 1 amide bonds. The molecule has 0 aliphatic heterocycles. The summed E-state index contributed by atoms with van der Waals surface area (Å²) in [5.41, 5.74) is -0.119. The highest BCUT2D eigenvalue weighted by molar-refractivity contribution is 5.78. The van der Waals surface area contributed by atoms with Crippen molar-refractivity contribution in [1.29, 1.82) is 0 Å². The van der Waals surface area contributed by atoms with Gasteiger partial charge in [0.2, 0.25) is 5.91 Å². The predicted octanol–water partition coefficient (Wildman–Crippen LogP) is 1.29. The van der Waals surface area contributed by atoms with Crippen LogP contribution in [-0.4, -0.2) is 24.0 Å². The van der Waals surface area contributed by atoms with E-state index in [1.165, 1.54) is 12.8 Å². The third kappa shape index (κ3) is 4.09. The molecule has 0 bridgehead atoms. The van der Waals surface area contributed by atoms with Crippen LogP contribution in [0, 0.1) is 5.92 Å². The Balaban J connectivity index is 2.10. The first-order chi connectivity index (χ1) is 6.37. The number of carbonyl (C=O) groups excluding carboxylic acids is 1. The monoisotopic (exact) mass is 198 g/mol. The largest absolute Gasteiger partial charge is 0.350 e. The molecule has 1 aliphatic carbocycles. The molecule has 82 valence electrons. The molecule has 3 heteroatoms. The number of hydrogen-bond donors (Lipinski definition) is 2. The highest BCUT2D eigenvalue weighted by Crippen LogP contribution is 2.25. The second-order valence-corrected chi connectivity index (χ2v) is 5.45. The van der Waals surface area contributed by atoms with E-state index >= 15 is 0 Å². The Morgan fingerprint density at radius 3 is 2.36 bits per heavy atom. The van der Waals surface area contributed by atoms with Crippen LogP contribution in [0.15, 0.2) is 0 Å². The second-order valence-electron chi connectivity index (χ2n) is 5.45. The predicted molar refractivity (Wildman–Crippen MR) is 58.1 cm³/mol. The van der Waals surface area contributed by atoms with Crippen LogP contribution in [0.3, 0.4) is 0 Å². The summed E-state index contributed by atoms with van der Waals surface area (Å²) in [6.45, 7) is 8.69. The molecule has 1 fully saturated rings. The van der Waals surface area contributed by atoms with Gasteiger partial charge < -0.3 is 10.6 Å². The average molecular weight is 198 g/mol. The molecule has 14 heavy (non-hydrogen) atoms. The van der Waals surface area contributed by atoms with Gasteiger partial charge in [0, 0.05) is 11.6 Å². The molecule has 2 N–H and O–H groups in total. The smallest absolute Gasteiger partial charge is 0.234 e. The van der Waals surface area contributed by atoms with Gasteiger partial charge in [0.15, 0.2) is 0 Å².